The number of nitrogens with zero attached hydrogens (tertiary/aromatic N) is 1. The van der Waals surface area contributed by atoms with Crippen molar-refractivity contribution in [3.05, 3.63) is 29.0 Å². The van der Waals surface area contributed by atoms with E-state index in [0.29, 0.717) is 17.3 Å². The number of carbonyl (C=O) groups is 2. The van der Waals surface area contributed by atoms with Gasteiger partial charge in [0.25, 0.3) is 0 Å². The normalized spacial score (nSPS) is 12.9. The Kier molecular flexibility index (Phi) is 4.89. The van der Waals surface area contributed by atoms with Crippen LogP contribution in [-0.2, 0) is 16.0 Å². The number of thiophene rings is 1. The standard InChI is InChI=1S/C16H20N2O4S/c1-9-10(17-14(22-9)11-6-5-7-23-11)8-12(19)18-13(15(20)21)16(2,3)4/h5-7,13H,8H2,1-4H3,(H,18,19)(H,20,21)/t13-/m1/s1. The van der Waals surface area contributed by atoms with E-state index in [2.05, 4.69) is 10.3 Å². The summed E-state index contributed by atoms with van der Waals surface area (Å²) in [5.74, 6) is -0.402. The molecule has 2 N–H and O–H groups in total. The van der Waals surface area contributed by atoms with Gasteiger partial charge in [0.2, 0.25) is 11.8 Å². The van der Waals surface area contributed by atoms with Crippen LogP contribution in [0.4, 0.5) is 0 Å². The fourth-order valence-corrected chi connectivity index (χ4v) is 2.76. The molecule has 0 spiro atoms. The van der Waals surface area contributed by atoms with Gasteiger partial charge in [-0.3, -0.25) is 4.79 Å². The number of aliphatic carboxylic acids is 1. The van der Waals surface area contributed by atoms with Gasteiger partial charge in [-0.15, -0.1) is 11.3 Å². The van der Waals surface area contributed by atoms with Crippen molar-refractivity contribution in [3.63, 3.8) is 0 Å². The van der Waals surface area contributed by atoms with Gasteiger partial charge in [-0.05, 0) is 23.8 Å². The number of amides is 1. The van der Waals surface area contributed by atoms with Crippen LogP contribution in [0.5, 0.6) is 0 Å². The predicted molar refractivity (Wildman–Crippen MR) is 87.3 cm³/mol. The van der Waals surface area contributed by atoms with E-state index >= 15 is 0 Å². The van der Waals surface area contributed by atoms with Gasteiger partial charge < -0.3 is 14.8 Å². The third-order valence-electron chi connectivity index (χ3n) is 3.37. The molecule has 7 heteroatoms. The number of hydrogen-bond acceptors (Lipinski definition) is 5. The summed E-state index contributed by atoms with van der Waals surface area (Å²) in [5.41, 5.74) is -0.0633. The summed E-state index contributed by atoms with van der Waals surface area (Å²) in [5, 5.41) is 13.7. The van der Waals surface area contributed by atoms with E-state index in [4.69, 9.17) is 4.42 Å². The molecule has 2 heterocycles. The Labute approximate surface area is 138 Å². The second-order valence-electron chi connectivity index (χ2n) is 6.38. The lowest BCUT2D eigenvalue weighted by atomic mass is 9.86. The average Bonchev–Trinajstić information content (AvgIpc) is 3.05. The van der Waals surface area contributed by atoms with Crippen LogP contribution in [0.1, 0.15) is 32.2 Å². The highest BCUT2D eigenvalue weighted by molar-refractivity contribution is 7.13. The Hall–Kier alpha value is -2.15. The van der Waals surface area contributed by atoms with Crippen LogP contribution in [0.3, 0.4) is 0 Å². The first-order chi connectivity index (χ1) is 10.7. The van der Waals surface area contributed by atoms with Crippen molar-refractivity contribution in [2.75, 3.05) is 0 Å². The van der Waals surface area contributed by atoms with E-state index < -0.39 is 17.4 Å². The van der Waals surface area contributed by atoms with Crippen LogP contribution >= 0.6 is 11.3 Å². The van der Waals surface area contributed by atoms with Crippen LogP contribution in [0.15, 0.2) is 21.9 Å². The lowest BCUT2D eigenvalue weighted by molar-refractivity contribution is -0.144. The summed E-state index contributed by atoms with van der Waals surface area (Å²) >= 11 is 1.50. The minimum absolute atomic E-state index is 0.0133. The maximum absolute atomic E-state index is 12.2. The molecule has 0 aliphatic carbocycles. The molecular formula is C16H20N2O4S. The van der Waals surface area contributed by atoms with Crippen molar-refractivity contribution < 1.29 is 19.1 Å². The molecule has 0 aliphatic heterocycles. The van der Waals surface area contributed by atoms with Crippen LogP contribution in [0.2, 0.25) is 0 Å². The molecule has 0 bridgehead atoms. The highest BCUT2D eigenvalue weighted by Crippen LogP contribution is 2.26. The first kappa shape index (κ1) is 17.2. The summed E-state index contributed by atoms with van der Waals surface area (Å²) in [4.78, 5) is 28.7. The summed E-state index contributed by atoms with van der Waals surface area (Å²) < 4.78 is 5.58. The third-order valence-corrected chi connectivity index (χ3v) is 4.23. The first-order valence-corrected chi connectivity index (χ1v) is 8.09. The van der Waals surface area contributed by atoms with Gasteiger partial charge in [-0.2, -0.15) is 0 Å². The number of aromatic nitrogens is 1. The van der Waals surface area contributed by atoms with Gasteiger partial charge in [-0.1, -0.05) is 26.8 Å². The molecule has 2 aromatic rings. The van der Waals surface area contributed by atoms with Gasteiger partial charge in [0.1, 0.15) is 11.8 Å². The SMILES string of the molecule is Cc1oc(-c2cccs2)nc1CC(=O)N[C@H](C(=O)O)C(C)(C)C. The molecule has 0 aromatic carbocycles. The van der Waals surface area contributed by atoms with Crippen LogP contribution in [0, 0.1) is 12.3 Å². The smallest absolute Gasteiger partial charge is 0.326 e. The number of aryl methyl sites for hydroxylation is 1. The number of carboxylic acid groups (broad SMARTS) is 1. The Bertz CT molecular complexity index is 698. The van der Waals surface area contributed by atoms with Gasteiger partial charge in [-0.25, -0.2) is 9.78 Å². The fourth-order valence-electron chi connectivity index (χ4n) is 2.11. The van der Waals surface area contributed by atoms with Gasteiger partial charge >= 0.3 is 5.97 Å². The summed E-state index contributed by atoms with van der Waals surface area (Å²) in [6, 6.07) is 2.82. The van der Waals surface area contributed by atoms with Crippen molar-refractivity contribution in [2.45, 2.75) is 40.2 Å². The van der Waals surface area contributed by atoms with Gasteiger partial charge in [0.15, 0.2) is 0 Å². The van der Waals surface area contributed by atoms with Crippen molar-refractivity contribution in [1.29, 1.82) is 0 Å². The molecule has 0 saturated heterocycles. The van der Waals surface area contributed by atoms with Crippen molar-refractivity contribution in [3.8, 4) is 10.8 Å². The van der Waals surface area contributed by atoms with Gasteiger partial charge in [0, 0.05) is 0 Å². The molecule has 0 aliphatic rings. The highest BCUT2D eigenvalue weighted by Gasteiger charge is 2.32. The van der Waals surface area contributed by atoms with Crippen LogP contribution in [-0.4, -0.2) is 28.0 Å². The molecular weight excluding hydrogens is 316 g/mol. The first-order valence-electron chi connectivity index (χ1n) is 7.21. The lowest BCUT2D eigenvalue weighted by Crippen LogP contribution is -2.49. The van der Waals surface area contributed by atoms with Crippen molar-refractivity contribution in [1.82, 2.24) is 10.3 Å². The Morgan fingerprint density at radius 1 is 1.43 bits per heavy atom. The molecule has 2 aromatic heterocycles. The quantitative estimate of drug-likeness (QED) is 0.876. The molecule has 0 saturated carbocycles. The zero-order valence-electron chi connectivity index (χ0n) is 13.5. The van der Waals surface area contributed by atoms with E-state index in [1.807, 2.05) is 17.5 Å². The van der Waals surface area contributed by atoms with Crippen LogP contribution in [0.25, 0.3) is 10.8 Å². The molecule has 124 valence electrons. The maximum Gasteiger partial charge on any atom is 0.326 e. The average molecular weight is 336 g/mol. The number of carboxylic acids is 1. The molecule has 1 amide bonds. The number of oxazole rings is 1. The number of hydrogen-bond donors (Lipinski definition) is 2. The monoisotopic (exact) mass is 336 g/mol. The van der Waals surface area contributed by atoms with E-state index in [-0.39, 0.29) is 12.3 Å². The molecule has 2 rings (SSSR count). The highest BCUT2D eigenvalue weighted by atomic mass is 32.1. The molecule has 0 unspecified atom stereocenters. The van der Waals surface area contributed by atoms with Crippen molar-refractivity contribution in [2.24, 2.45) is 5.41 Å². The number of carbonyl (C=O) groups excluding carboxylic acids is 1. The second kappa shape index (κ2) is 6.54. The zero-order valence-corrected chi connectivity index (χ0v) is 14.4. The van der Waals surface area contributed by atoms with E-state index in [1.54, 1.807) is 27.7 Å². The van der Waals surface area contributed by atoms with Gasteiger partial charge in [0.05, 0.1) is 17.0 Å². The Morgan fingerprint density at radius 3 is 2.65 bits per heavy atom. The zero-order chi connectivity index (χ0) is 17.2. The molecule has 6 nitrogen and oxygen atoms in total. The van der Waals surface area contributed by atoms with Crippen molar-refractivity contribution >= 4 is 23.2 Å². The van der Waals surface area contributed by atoms with Crippen LogP contribution < -0.4 is 5.32 Å². The second-order valence-corrected chi connectivity index (χ2v) is 7.33. The molecule has 23 heavy (non-hydrogen) atoms. The summed E-state index contributed by atoms with van der Waals surface area (Å²) in [7, 11) is 0. The summed E-state index contributed by atoms with van der Waals surface area (Å²) in [6.45, 7) is 7.04. The topological polar surface area (TPSA) is 92.4 Å². The van der Waals surface area contributed by atoms with E-state index in [1.165, 1.54) is 11.3 Å². The lowest BCUT2D eigenvalue weighted by Gasteiger charge is -2.27. The Morgan fingerprint density at radius 2 is 2.13 bits per heavy atom. The van der Waals surface area contributed by atoms with E-state index in [9.17, 15) is 14.7 Å². The minimum atomic E-state index is -1.05. The number of rotatable bonds is 5. The van der Waals surface area contributed by atoms with E-state index in [0.717, 1.165) is 4.88 Å². The summed E-state index contributed by atoms with van der Waals surface area (Å²) in [6.07, 6.45) is -0.0133. The fraction of sp³-hybridized carbons (Fsp3) is 0.438. The largest absolute Gasteiger partial charge is 0.480 e. The third kappa shape index (κ3) is 4.19. The predicted octanol–water partition coefficient (Wildman–Crippen LogP) is 2.87. The molecule has 0 fully saturated rings. The Balaban J connectivity index is 2.10. The molecule has 0 radical (unpaired) electrons. The maximum atomic E-state index is 12.2. The minimum Gasteiger partial charge on any atom is -0.480 e. The number of nitrogens with one attached hydrogen (secondary N) is 1. The molecule has 1 atom stereocenters.